The summed E-state index contributed by atoms with van der Waals surface area (Å²) in [5.41, 5.74) is 4.44. The van der Waals surface area contributed by atoms with Gasteiger partial charge in [0.05, 0.1) is 10.6 Å². The number of rotatable bonds is 10. The first-order chi connectivity index (χ1) is 11.0. The Morgan fingerprint density at radius 3 is 2.48 bits per heavy atom. The van der Waals surface area contributed by atoms with Gasteiger partial charge < -0.3 is 0 Å². The molecule has 0 fully saturated rings. The number of hydroxylamine groups is 1. The Bertz CT molecular complexity index is 621. The largest absolute Gasteiger partial charge is 0.223 e. The molecule has 5 nitrogen and oxygen atoms in total. The van der Waals surface area contributed by atoms with Gasteiger partial charge in [0.2, 0.25) is 0 Å². The third-order valence-electron chi connectivity index (χ3n) is 3.19. The molecule has 1 N–H and O–H groups in total. The molecule has 0 saturated carbocycles. The lowest BCUT2D eigenvalue weighted by atomic mass is 10.1. The number of allylic oxidation sites excluding steroid dienone is 2. The number of sulfone groups is 1. The molecule has 0 aliphatic heterocycles. The van der Waals surface area contributed by atoms with Crippen LogP contribution in [0.15, 0.2) is 58.5 Å². The van der Waals surface area contributed by atoms with Crippen LogP contribution in [0.5, 0.6) is 0 Å². The second kappa shape index (κ2) is 10.3. The Morgan fingerprint density at radius 2 is 1.83 bits per heavy atom. The lowest BCUT2D eigenvalue weighted by molar-refractivity contribution is -0.324. The summed E-state index contributed by atoms with van der Waals surface area (Å²) < 4.78 is 24.5. The Balaban J connectivity index is 2.46. The molecule has 0 radical (unpaired) electrons. The minimum Gasteiger partial charge on any atom is -0.223 e. The van der Waals surface area contributed by atoms with Crippen LogP contribution < -0.4 is 5.48 Å². The van der Waals surface area contributed by atoms with E-state index < -0.39 is 9.84 Å². The Labute approximate surface area is 138 Å². The summed E-state index contributed by atoms with van der Waals surface area (Å²) in [6, 6.07) is 8.54. The quantitative estimate of drug-likeness (QED) is 0.307. The van der Waals surface area contributed by atoms with Gasteiger partial charge in [0, 0.05) is 7.05 Å². The molecule has 0 spiro atoms. The Morgan fingerprint density at radius 1 is 1.13 bits per heavy atom. The van der Waals surface area contributed by atoms with Crippen molar-refractivity contribution in [2.45, 2.75) is 31.6 Å². The van der Waals surface area contributed by atoms with Gasteiger partial charge in [-0.15, -0.1) is 4.99 Å². The molecule has 0 heterocycles. The predicted molar refractivity (Wildman–Crippen MR) is 91.3 cm³/mol. The normalized spacial score (nSPS) is 13.3. The van der Waals surface area contributed by atoms with Crippen LogP contribution in [0.3, 0.4) is 0 Å². The van der Waals surface area contributed by atoms with E-state index in [1.54, 1.807) is 31.3 Å². The van der Waals surface area contributed by atoms with Crippen LogP contribution in [0.1, 0.15) is 26.7 Å². The van der Waals surface area contributed by atoms with Crippen molar-refractivity contribution in [3.05, 3.63) is 53.6 Å². The van der Waals surface area contributed by atoms with Gasteiger partial charge in [0.1, 0.15) is 6.61 Å². The zero-order chi connectivity index (χ0) is 17.1. The van der Waals surface area contributed by atoms with Gasteiger partial charge in [0.15, 0.2) is 9.84 Å². The highest BCUT2D eigenvalue weighted by Crippen LogP contribution is 2.14. The number of hydrogen-bond donors (Lipinski definition) is 1. The van der Waals surface area contributed by atoms with Crippen molar-refractivity contribution in [2.75, 3.05) is 19.4 Å². The minimum atomic E-state index is -3.26. The summed E-state index contributed by atoms with van der Waals surface area (Å²) in [7, 11) is -1.64. The molecule has 0 aromatic heterocycles. The fraction of sp³-hybridized carbons (Fsp3) is 0.412. The SMILES string of the molecule is CNOOC/C=C(\C)CC/C=C(\C)CS(=O)(=O)c1ccccc1. The monoisotopic (exact) mass is 339 g/mol. The van der Waals surface area contributed by atoms with Gasteiger partial charge in [-0.1, -0.05) is 41.5 Å². The zero-order valence-electron chi connectivity index (χ0n) is 13.9. The highest BCUT2D eigenvalue weighted by molar-refractivity contribution is 7.91. The van der Waals surface area contributed by atoms with Gasteiger partial charge in [-0.2, -0.15) is 5.48 Å². The lowest BCUT2D eigenvalue weighted by Gasteiger charge is -2.05. The van der Waals surface area contributed by atoms with E-state index in [1.807, 2.05) is 32.1 Å². The maximum atomic E-state index is 12.3. The molecule has 0 aliphatic carbocycles. The van der Waals surface area contributed by atoms with Crippen LogP contribution in [0.2, 0.25) is 0 Å². The summed E-state index contributed by atoms with van der Waals surface area (Å²) in [6.07, 6.45) is 5.56. The smallest absolute Gasteiger partial charge is 0.182 e. The highest BCUT2D eigenvalue weighted by atomic mass is 32.2. The van der Waals surface area contributed by atoms with Crippen LogP contribution >= 0.6 is 0 Å². The molecule has 0 unspecified atom stereocenters. The Kier molecular flexibility index (Phi) is 8.79. The average Bonchev–Trinajstić information content (AvgIpc) is 2.52. The van der Waals surface area contributed by atoms with Gasteiger partial charge in [0.25, 0.3) is 0 Å². The molecule has 0 bridgehead atoms. The van der Waals surface area contributed by atoms with Crippen molar-refractivity contribution >= 4 is 9.84 Å². The van der Waals surface area contributed by atoms with Crippen molar-refractivity contribution in [1.82, 2.24) is 5.48 Å². The molecule has 23 heavy (non-hydrogen) atoms. The second-order valence-electron chi connectivity index (χ2n) is 5.28. The maximum absolute atomic E-state index is 12.3. The molecular weight excluding hydrogens is 314 g/mol. The summed E-state index contributed by atoms with van der Waals surface area (Å²) in [5, 5.41) is 0. The van der Waals surface area contributed by atoms with Crippen molar-refractivity contribution in [2.24, 2.45) is 0 Å². The van der Waals surface area contributed by atoms with Gasteiger partial charge >= 0.3 is 0 Å². The standard InChI is InChI=1S/C17H25NO4S/c1-15(12-13-21-22-18-3)8-7-9-16(2)14-23(19,20)17-10-5-4-6-11-17/h4-6,9-12,18H,7-8,13-14H2,1-3H3/b15-12+,16-9+. The van der Waals surface area contributed by atoms with Gasteiger partial charge in [-0.25, -0.2) is 13.3 Å². The molecule has 1 rings (SSSR count). The molecule has 0 saturated heterocycles. The van der Waals surface area contributed by atoms with Crippen LogP contribution in [0.4, 0.5) is 0 Å². The molecular formula is C17H25NO4S. The predicted octanol–water partition coefficient (Wildman–Crippen LogP) is 3.22. The van der Waals surface area contributed by atoms with E-state index in [2.05, 4.69) is 10.5 Å². The van der Waals surface area contributed by atoms with Gasteiger partial charge in [-0.05, 0) is 38.8 Å². The zero-order valence-corrected chi connectivity index (χ0v) is 14.7. The second-order valence-corrected chi connectivity index (χ2v) is 7.27. The van der Waals surface area contributed by atoms with Crippen molar-refractivity contribution in [3.63, 3.8) is 0 Å². The van der Waals surface area contributed by atoms with E-state index in [4.69, 9.17) is 4.89 Å². The molecule has 0 aliphatic rings. The maximum Gasteiger partial charge on any atom is 0.182 e. The van der Waals surface area contributed by atoms with E-state index in [-0.39, 0.29) is 5.75 Å². The molecule has 6 heteroatoms. The first kappa shape index (κ1) is 19.6. The van der Waals surface area contributed by atoms with Crippen LogP contribution in [-0.2, 0) is 19.7 Å². The van der Waals surface area contributed by atoms with E-state index in [1.165, 1.54) is 5.57 Å². The van der Waals surface area contributed by atoms with E-state index in [0.29, 0.717) is 11.5 Å². The fourth-order valence-electron chi connectivity index (χ4n) is 1.99. The van der Waals surface area contributed by atoms with E-state index in [0.717, 1.165) is 18.4 Å². The highest BCUT2D eigenvalue weighted by Gasteiger charge is 2.13. The van der Waals surface area contributed by atoms with E-state index >= 15 is 0 Å². The van der Waals surface area contributed by atoms with Crippen LogP contribution in [0.25, 0.3) is 0 Å². The van der Waals surface area contributed by atoms with Crippen LogP contribution in [0, 0.1) is 0 Å². The van der Waals surface area contributed by atoms with Crippen molar-refractivity contribution < 1.29 is 18.3 Å². The molecule has 1 aromatic rings. The molecule has 0 atom stereocenters. The Hall–Kier alpha value is -1.47. The number of benzene rings is 1. The van der Waals surface area contributed by atoms with E-state index in [9.17, 15) is 8.42 Å². The third kappa shape index (κ3) is 8.08. The fourth-order valence-corrected chi connectivity index (χ4v) is 3.44. The first-order valence-electron chi connectivity index (χ1n) is 7.50. The molecule has 128 valence electrons. The minimum absolute atomic E-state index is 0.0545. The van der Waals surface area contributed by atoms with Crippen molar-refractivity contribution in [3.8, 4) is 0 Å². The van der Waals surface area contributed by atoms with Gasteiger partial charge in [-0.3, -0.25) is 0 Å². The summed E-state index contributed by atoms with van der Waals surface area (Å²) in [6.45, 7) is 4.23. The molecule has 0 amide bonds. The number of hydrogen-bond acceptors (Lipinski definition) is 5. The van der Waals surface area contributed by atoms with Crippen molar-refractivity contribution in [1.29, 1.82) is 0 Å². The summed E-state index contributed by atoms with van der Waals surface area (Å²) >= 11 is 0. The summed E-state index contributed by atoms with van der Waals surface area (Å²) in [5.74, 6) is 0.0545. The molecule has 1 aromatic carbocycles. The number of nitrogens with one attached hydrogen (secondary N) is 1. The topological polar surface area (TPSA) is 64.6 Å². The average molecular weight is 339 g/mol. The lowest BCUT2D eigenvalue weighted by Crippen LogP contribution is -2.08. The van der Waals surface area contributed by atoms with Crippen LogP contribution in [-0.4, -0.2) is 27.8 Å². The summed E-state index contributed by atoms with van der Waals surface area (Å²) in [4.78, 5) is 9.73. The first-order valence-corrected chi connectivity index (χ1v) is 9.15. The third-order valence-corrected chi connectivity index (χ3v) is 5.02.